The molecule has 2 atom stereocenters. The maximum absolute atomic E-state index is 12.4. The fraction of sp³-hybridized carbons (Fsp3) is 0.571. The molecule has 2 heterocycles. The Hall–Kier alpha value is -1.62. The van der Waals surface area contributed by atoms with E-state index in [0.29, 0.717) is 24.0 Å². The zero-order chi connectivity index (χ0) is 13.8. The lowest BCUT2D eigenvalue weighted by molar-refractivity contribution is 0.0642. The van der Waals surface area contributed by atoms with E-state index in [1.807, 2.05) is 19.1 Å². The van der Waals surface area contributed by atoms with Gasteiger partial charge in [-0.25, -0.2) is 4.98 Å². The number of anilines is 1. The summed E-state index contributed by atoms with van der Waals surface area (Å²) in [6, 6.07) is 5.31. The quantitative estimate of drug-likeness (QED) is 0.860. The number of aromatic nitrogens is 1. The Morgan fingerprint density at radius 2 is 2.37 bits per heavy atom. The first-order valence-corrected chi connectivity index (χ1v) is 6.80. The number of hydrogen-bond donors (Lipinski definition) is 2. The number of hydrogen-bond acceptors (Lipinski definition) is 4. The number of nitrogens with one attached hydrogen (secondary N) is 1. The Balaban J connectivity index is 2.17. The Labute approximate surface area is 113 Å². The summed E-state index contributed by atoms with van der Waals surface area (Å²) in [6.45, 7) is 5.53. The molecule has 0 bridgehead atoms. The highest BCUT2D eigenvalue weighted by Crippen LogP contribution is 2.25. The lowest BCUT2D eigenvalue weighted by atomic mass is 10.0. The van der Waals surface area contributed by atoms with Gasteiger partial charge in [0.15, 0.2) is 0 Å². The molecule has 0 aliphatic carbocycles. The molecule has 1 saturated heterocycles. The van der Waals surface area contributed by atoms with Crippen LogP contribution in [0.4, 0.5) is 5.82 Å². The zero-order valence-electron chi connectivity index (χ0n) is 11.5. The number of pyridine rings is 1. The molecule has 19 heavy (non-hydrogen) atoms. The van der Waals surface area contributed by atoms with Crippen LogP contribution in [0, 0.1) is 5.92 Å². The SMILES string of the molecule is CCNc1cccc(C(=O)N2CCC(C)C2CO)n1. The van der Waals surface area contributed by atoms with Crippen LogP contribution in [0.5, 0.6) is 0 Å². The summed E-state index contributed by atoms with van der Waals surface area (Å²) in [6.07, 6.45) is 0.934. The van der Waals surface area contributed by atoms with Gasteiger partial charge in [-0.1, -0.05) is 13.0 Å². The van der Waals surface area contributed by atoms with Crippen LogP contribution >= 0.6 is 0 Å². The highest BCUT2D eigenvalue weighted by atomic mass is 16.3. The third-order valence-electron chi connectivity index (χ3n) is 3.66. The average molecular weight is 263 g/mol. The molecule has 1 amide bonds. The van der Waals surface area contributed by atoms with Crippen LogP contribution in [-0.4, -0.2) is 46.6 Å². The van der Waals surface area contributed by atoms with Gasteiger partial charge in [-0.2, -0.15) is 0 Å². The molecular formula is C14H21N3O2. The molecule has 0 spiro atoms. The second kappa shape index (κ2) is 6.02. The lowest BCUT2D eigenvalue weighted by Gasteiger charge is -2.25. The Morgan fingerprint density at radius 1 is 1.58 bits per heavy atom. The standard InChI is InChI=1S/C14H21N3O2/c1-3-15-13-6-4-5-11(16-13)14(19)17-8-7-10(2)12(17)9-18/h4-6,10,12,18H,3,7-9H2,1-2H3,(H,15,16). The summed E-state index contributed by atoms with van der Waals surface area (Å²) in [5.41, 5.74) is 0.436. The van der Waals surface area contributed by atoms with Crippen LogP contribution in [0.3, 0.4) is 0 Å². The number of rotatable bonds is 4. The third-order valence-corrected chi connectivity index (χ3v) is 3.66. The smallest absolute Gasteiger partial charge is 0.272 e. The highest BCUT2D eigenvalue weighted by Gasteiger charge is 2.34. The molecule has 104 valence electrons. The second-order valence-electron chi connectivity index (χ2n) is 4.95. The van der Waals surface area contributed by atoms with Crippen molar-refractivity contribution < 1.29 is 9.90 Å². The number of carbonyl (C=O) groups excluding carboxylic acids is 1. The van der Waals surface area contributed by atoms with Crippen molar-refractivity contribution >= 4 is 11.7 Å². The number of likely N-dealkylation sites (tertiary alicyclic amines) is 1. The average Bonchev–Trinajstić information content (AvgIpc) is 2.79. The molecule has 2 unspecified atom stereocenters. The second-order valence-corrected chi connectivity index (χ2v) is 4.95. The van der Waals surface area contributed by atoms with Gasteiger partial charge in [0, 0.05) is 13.1 Å². The van der Waals surface area contributed by atoms with Crippen LogP contribution in [0.15, 0.2) is 18.2 Å². The Bertz CT molecular complexity index is 450. The van der Waals surface area contributed by atoms with Crippen molar-refractivity contribution in [2.75, 3.05) is 25.0 Å². The molecule has 1 fully saturated rings. The molecule has 2 rings (SSSR count). The molecule has 1 aromatic heterocycles. The first kappa shape index (κ1) is 13.8. The Morgan fingerprint density at radius 3 is 3.05 bits per heavy atom. The van der Waals surface area contributed by atoms with Crippen LogP contribution < -0.4 is 5.32 Å². The summed E-state index contributed by atoms with van der Waals surface area (Å²) >= 11 is 0. The fourth-order valence-corrected chi connectivity index (χ4v) is 2.52. The first-order valence-electron chi connectivity index (χ1n) is 6.80. The number of amides is 1. The fourth-order valence-electron chi connectivity index (χ4n) is 2.52. The predicted molar refractivity (Wildman–Crippen MR) is 74.1 cm³/mol. The van der Waals surface area contributed by atoms with Crippen LogP contribution in [0.25, 0.3) is 0 Å². The van der Waals surface area contributed by atoms with Gasteiger partial charge in [-0.3, -0.25) is 4.79 Å². The molecule has 0 aromatic carbocycles. The number of nitrogens with zero attached hydrogens (tertiary/aromatic N) is 2. The summed E-state index contributed by atoms with van der Waals surface area (Å²) in [5.74, 6) is 0.954. The van der Waals surface area contributed by atoms with E-state index < -0.39 is 0 Å². The maximum Gasteiger partial charge on any atom is 0.272 e. The van der Waals surface area contributed by atoms with Crippen LogP contribution in [0.2, 0.25) is 0 Å². The molecule has 1 aliphatic heterocycles. The number of aliphatic hydroxyl groups excluding tert-OH is 1. The third kappa shape index (κ3) is 2.87. The van der Waals surface area contributed by atoms with E-state index in [0.717, 1.165) is 13.0 Å². The summed E-state index contributed by atoms with van der Waals surface area (Å²) < 4.78 is 0. The molecule has 1 aromatic rings. The van der Waals surface area contributed by atoms with Crippen LogP contribution in [-0.2, 0) is 0 Å². The van der Waals surface area contributed by atoms with Gasteiger partial charge in [-0.05, 0) is 31.4 Å². The van der Waals surface area contributed by atoms with Gasteiger partial charge in [0.05, 0.1) is 12.6 Å². The van der Waals surface area contributed by atoms with E-state index in [1.165, 1.54) is 0 Å². The summed E-state index contributed by atoms with van der Waals surface area (Å²) in [5, 5.41) is 12.5. The highest BCUT2D eigenvalue weighted by molar-refractivity contribution is 5.93. The Kier molecular flexibility index (Phi) is 4.37. The minimum atomic E-state index is -0.0943. The van der Waals surface area contributed by atoms with Crippen molar-refractivity contribution in [3.05, 3.63) is 23.9 Å². The van der Waals surface area contributed by atoms with Gasteiger partial charge in [0.1, 0.15) is 11.5 Å². The van der Waals surface area contributed by atoms with Gasteiger partial charge in [-0.15, -0.1) is 0 Å². The van der Waals surface area contributed by atoms with E-state index in [4.69, 9.17) is 0 Å². The molecule has 0 saturated carbocycles. The van der Waals surface area contributed by atoms with Crippen molar-refractivity contribution in [3.63, 3.8) is 0 Å². The van der Waals surface area contributed by atoms with Crippen LogP contribution in [0.1, 0.15) is 30.8 Å². The minimum absolute atomic E-state index is 0.0137. The topological polar surface area (TPSA) is 65.5 Å². The largest absolute Gasteiger partial charge is 0.394 e. The number of carbonyl (C=O) groups is 1. The lowest BCUT2D eigenvalue weighted by Crippen LogP contribution is -2.40. The zero-order valence-corrected chi connectivity index (χ0v) is 11.5. The van der Waals surface area contributed by atoms with Crippen molar-refractivity contribution in [2.24, 2.45) is 5.92 Å². The van der Waals surface area contributed by atoms with Crippen molar-refractivity contribution in [2.45, 2.75) is 26.3 Å². The molecular weight excluding hydrogens is 242 g/mol. The van der Waals surface area contributed by atoms with Crippen molar-refractivity contribution in [1.29, 1.82) is 0 Å². The van der Waals surface area contributed by atoms with Crippen molar-refractivity contribution in [1.82, 2.24) is 9.88 Å². The summed E-state index contributed by atoms with van der Waals surface area (Å²) in [7, 11) is 0. The van der Waals surface area contributed by atoms with Gasteiger partial charge >= 0.3 is 0 Å². The molecule has 1 aliphatic rings. The van der Waals surface area contributed by atoms with E-state index in [-0.39, 0.29) is 18.6 Å². The molecule has 5 nitrogen and oxygen atoms in total. The molecule has 0 radical (unpaired) electrons. The van der Waals surface area contributed by atoms with E-state index >= 15 is 0 Å². The first-order chi connectivity index (χ1) is 9.17. The van der Waals surface area contributed by atoms with Crippen molar-refractivity contribution in [3.8, 4) is 0 Å². The minimum Gasteiger partial charge on any atom is -0.394 e. The van der Waals surface area contributed by atoms with Gasteiger partial charge in [0.2, 0.25) is 0 Å². The maximum atomic E-state index is 12.4. The van der Waals surface area contributed by atoms with Gasteiger partial charge in [0.25, 0.3) is 5.91 Å². The molecule has 5 heteroatoms. The summed E-state index contributed by atoms with van der Waals surface area (Å²) in [4.78, 5) is 18.5. The monoisotopic (exact) mass is 263 g/mol. The van der Waals surface area contributed by atoms with Gasteiger partial charge < -0.3 is 15.3 Å². The number of aliphatic hydroxyl groups is 1. The predicted octanol–water partition coefficient (Wildman–Crippen LogP) is 1.36. The van der Waals surface area contributed by atoms with E-state index in [2.05, 4.69) is 17.2 Å². The van der Waals surface area contributed by atoms with E-state index in [1.54, 1.807) is 11.0 Å². The molecule has 2 N–H and O–H groups in total. The normalized spacial score (nSPS) is 22.6. The van der Waals surface area contributed by atoms with E-state index in [9.17, 15) is 9.90 Å².